The lowest BCUT2D eigenvalue weighted by atomic mass is 10.0. The normalized spacial score (nSPS) is 12.7. The molecule has 1 heterocycles. The summed E-state index contributed by atoms with van der Waals surface area (Å²) in [5, 5.41) is 3.72. The van der Waals surface area contributed by atoms with Crippen LogP contribution in [0, 0.1) is 11.6 Å². The summed E-state index contributed by atoms with van der Waals surface area (Å²) in [6.07, 6.45) is 0.364. The molecule has 1 aromatic carbocycles. The maximum Gasteiger partial charge on any atom is 0.162 e. The van der Waals surface area contributed by atoms with Crippen molar-refractivity contribution in [2.24, 2.45) is 0 Å². The fourth-order valence-corrected chi connectivity index (χ4v) is 3.66. The Morgan fingerprint density at radius 2 is 2.16 bits per heavy atom. The van der Waals surface area contributed by atoms with Crippen molar-refractivity contribution < 1.29 is 8.78 Å². The Morgan fingerprint density at radius 3 is 2.74 bits per heavy atom. The molecule has 1 aromatic heterocycles. The Hall–Kier alpha value is -0.490. The van der Waals surface area contributed by atoms with Crippen LogP contribution in [0.1, 0.15) is 16.5 Å². The van der Waals surface area contributed by atoms with Crippen LogP contribution in [0.25, 0.3) is 0 Å². The minimum atomic E-state index is -0.822. The molecule has 1 N–H and O–H groups in total. The second kappa shape index (κ2) is 6.31. The Bertz CT molecular complexity index is 569. The maximum atomic E-state index is 13.7. The molecule has 2 aromatic rings. The van der Waals surface area contributed by atoms with Crippen LogP contribution in [-0.2, 0) is 6.42 Å². The molecule has 0 saturated carbocycles. The van der Waals surface area contributed by atoms with Gasteiger partial charge in [-0.2, -0.15) is 0 Å². The van der Waals surface area contributed by atoms with Crippen LogP contribution in [0.2, 0.25) is 5.02 Å². The SMILES string of the molecule is CNC(Cc1cccc(F)c1F)c1cc(Cl)c(Br)s1. The van der Waals surface area contributed by atoms with Gasteiger partial charge in [0.1, 0.15) is 0 Å². The van der Waals surface area contributed by atoms with Gasteiger partial charge in [0.05, 0.1) is 8.81 Å². The molecule has 2 rings (SSSR count). The third kappa shape index (κ3) is 3.34. The summed E-state index contributed by atoms with van der Waals surface area (Å²) in [4.78, 5) is 0.975. The van der Waals surface area contributed by atoms with Crippen molar-refractivity contribution in [1.29, 1.82) is 0 Å². The fraction of sp³-hybridized carbons (Fsp3) is 0.231. The van der Waals surface area contributed by atoms with Crippen LogP contribution in [0.3, 0.4) is 0 Å². The highest BCUT2D eigenvalue weighted by Gasteiger charge is 2.18. The number of likely N-dealkylation sites (N-methyl/N-ethyl adjacent to an activating group) is 1. The molecule has 0 amide bonds. The van der Waals surface area contributed by atoms with E-state index in [-0.39, 0.29) is 6.04 Å². The largest absolute Gasteiger partial charge is 0.312 e. The zero-order valence-corrected chi connectivity index (χ0v) is 13.2. The van der Waals surface area contributed by atoms with Crippen molar-refractivity contribution in [2.45, 2.75) is 12.5 Å². The molecule has 0 saturated heterocycles. The standard InChI is InChI=1S/C13H11BrClF2NS/c1-18-10(11-6-8(15)13(14)19-11)5-7-3-2-4-9(16)12(7)17/h2-4,6,10,18H,5H2,1H3. The van der Waals surface area contributed by atoms with Crippen LogP contribution >= 0.6 is 38.9 Å². The van der Waals surface area contributed by atoms with Gasteiger partial charge in [-0.25, -0.2) is 8.78 Å². The first kappa shape index (κ1) is 14.9. The number of rotatable bonds is 4. The van der Waals surface area contributed by atoms with Gasteiger partial charge >= 0.3 is 0 Å². The van der Waals surface area contributed by atoms with Gasteiger partial charge in [-0.1, -0.05) is 23.7 Å². The lowest BCUT2D eigenvalue weighted by molar-refractivity contribution is 0.488. The summed E-state index contributed by atoms with van der Waals surface area (Å²) < 4.78 is 27.7. The zero-order chi connectivity index (χ0) is 14.0. The van der Waals surface area contributed by atoms with Gasteiger partial charge in [0.15, 0.2) is 11.6 Å². The number of thiophene rings is 1. The van der Waals surface area contributed by atoms with Crippen molar-refractivity contribution in [3.8, 4) is 0 Å². The Kier molecular flexibility index (Phi) is 4.95. The first-order valence-corrected chi connectivity index (χ1v) is 7.56. The topological polar surface area (TPSA) is 12.0 Å². The molecule has 0 spiro atoms. The molecule has 0 radical (unpaired) electrons. The van der Waals surface area contributed by atoms with E-state index in [1.165, 1.54) is 17.4 Å². The smallest absolute Gasteiger partial charge is 0.162 e. The van der Waals surface area contributed by atoms with E-state index in [9.17, 15) is 8.78 Å². The molecular weight excluding hydrogens is 356 g/mol. The van der Waals surface area contributed by atoms with Crippen LogP contribution < -0.4 is 5.32 Å². The number of hydrogen-bond acceptors (Lipinski definition) is 2. The number of nitrogens with one attached hydrogen (secondary N) is 1. The Balaban J connectivity index is 2.26. The summed E-state index contributed by atoms with van der Waals surface area (Å²) in [6.45, 7) is 0. The van der Waals surface area contributed by atoms with Crippen molar-refractivity contribution in [2.75, 3.05) is 7.05 Å². The molecule has 6 heteroatoms. The third-order valence-corrected chi connectivity index (χ3v) is 5.40. The van der Waals surface area contributed by atoms with Gasteiger partial charge in [0.25, 0.3) is 0 Å². The van der Waals surface area contributed by atoms with Gasteiger partial charge in [-0.15, -0.1) is 11.3 Å². The van der Waals surface area contributed by atoms with Gasteiger partial charge in [0.2, 0.25) is 0 Å². The molecule has 19 heavy (non-hydrogen) atoms. The molecule has 0 fully saturated rings. The zero-order valence-electron chi connectivity index (χ0n) is 10.0. The van der Waals surface area contributed by atoms with Crippen LogP contribution in [0.4, 0.5) is 8.78 Å². The van der Waals surface area contributed by atoms with Crippen LogP contribution in [0.5, 0.6) is 0 Å². The van der Waals surface area contributed by atoms with E-state index >= 15 is 0 Å². The first-order chi connectivity index (χ1) is 9.02. The van der Waals surface area contributed by atoms with E-state index in [4.69, 9.17) is 11.6 Å². The minimum Gasteiger partial charge on any atom is -0.312 e. The predicted molar refractivity (Wildman–Crippen MR) is 78.9 cm³/mol. The second-order valence-electron chi connectivity index (χ2n) is 4.03. The number of halogens is 4. The van der Waals surface area contributed by atoms with E-state index in [0.29, 0.717) is 17.0 Å². The number of hydrogen-bond donors (Lipinski definition) is 1. The lowest BCUT2D eigenvalue weighted by Crippen LogP contribution is -2.18. The van der Waals surface area contributed by atoms with Gasteiger partial charge < -0.3 is 5.32 Å². The molecule has 102 valence electrons. The van der Waals surface area contributed by atoms with Gasteiger partial charge in [-0.3, -0.25) is 0 Å². The monoisotopic (exact) mass is 365 g/mol. The van der Waals surface area contributed by atoms with E-state index in [1.807, 2.05) is 6.07 Å². The van der Waals surface area contributed by atoms with Crippen LogP contribution in [-0.4, -0.2) is 7.05 Å². The van der Waals surface area contributed by atoms with Gasteiger partial charge in [0, 0.05) is 10.9 Å². The van der Waals surface area contributed by atoms with E-state index in [1.54, 1.807) is 13.1 Å². The molecule has 0 aliphatic rings. The van der Waals surface area contributed by atoms with Gasteiger partial charge in [-0.05, 0) is 47.1 Å². The quantitative estimate of drug-likeness (QED) is 0.807. The Morgan fingerprint density at radius 1 is 1.42 bits per heavy atom. The Labute approximate surface area is 127 Å². The van der Waals surface area contributed by atoms with E-state index < -0.39 is 11.6 Å². The summed E-state index contributed by atoms with van der Waals surface area (Å²) in [7, 11) is 1.78. The molecule has 1 nitrogen and oxygen atoms in total. The molecule has 1 unspecified atom stereocenters. The van der Waals surface area contributed by atoms with E-state index in [0.717, 1.165) is 14.7 Å². The predicted octanol–water partition coefficient (Wildman–Crippen LogP) is 4.95. The summed E-state index contributed by atoms with van der Waals surface area (Å²) in [6, 6.07) is 5.94. The highest BCUT2D eigenvalue weighted by atomic mass is 79.9. The molecule has 0 bridgehead atoms. The average Bonchev–Trinajstić information content (AvgIpc) is 2.71. The minimum absolute atomic E-state index is 0.106. The first-order valence-electron chi connectivity index (χ1n) is 5.57. The van der Waals surface area contributed by atoms with E-state index in [2.05, 4.69) is 21.2 Å². The highest BCUT2D eigenvalue weighted by molar-refractivity contribution is 9.11. The molecular formula is C13H11BrClF2NS. The molecule has 1 atom stereocenters. The van der Waals surface area contributed by atoms with Crippen molar-refractivity contribution in [1.82, 2.24) is 5.32 Å². The third-order valence-electron chi connectivity index (χ3n) is 2.81. The second-order valence-corrected chi connectivity index (χ2v) is 6.84. The highest BCUT2D eigenvalue weighted by Crippen LogP contribution is 2.36. The summed E-state index contributed by atoms with van der Waals surface area (Å²) in [5.41, 5.74) is 0.347. The fourth-order valence-electron chi connectivity index (χ4n) is 1.81. The molecule has 0 aliphatic heterocycles. The maximum absolute atomic E-state index is 13.7. The van der Waals surface area contributed by atoms with Crippen molar-refractivity contribution >= 4 is 38.9 Å². The number of benzene rings is 1. The van der Waals surface area contributed by atoms with Crippen molar-refractivity contribution in [3.05, 3.63) is 55.1 Å². The average molecular weight is 367 g/mol. The summed E-state index contributed by atoms with van der Waals surface area (Å²) >= 11 is 10.8. The molecule has 0 aliphatic carbocycles. The lowest BCUT2D eigenvalue weighted by Gasteiger charge is -2.15. The van der Waals surface area contributed by atoms with Crippen molar-refractivity contribution in [3.63, 3.8) is 0 Å². The van der Waals surface area contributed by atoms with Crippen LogP contribution in [0.15, 0.2) is 28.1 Å². The summed E-state index contributed by atoms with van der Waals surface area (Å²) in [5.74, 6) is -1.61.